The second kappa shape index (κ2) is 6.78. The molecule has 2 fully saturated rings. The molecule has 2 nitrogen and oxygen atoms in total. The highest BCUT2D eigenvalue weighted by Gasteiger charge is 2.34. The summed E-state index contributed by atoms with van der Waals surface area (Å²) in [6.45, 7) is 7.61. The van der Waals surface area contributed by atoms with Gasteiger partial charge in [0.2, 0.25) is 0 Å². The lowest BCUT2D eigenvalue weighted by molar-refractivity contribution is -0.902. The van der Waals surface area contributed by atoms with E-state index in [1.807, 2.05) is 0 Å². The number of ketones is 1. The Morgan fingerprint density at radius 2 is 1.84 bits per heavy atom. The van der Waals surface area contributed by atoms with Crippen molar-refractivity contribution in [3.8, 4) is 0 Å². The lowest BCUT2D eigenvalue weighted by atomic mass is 9.84. The molecule has 0 amide bonds. The van der Waals surface area contributed by atoms with Crippen LogP contribution in [0, 0.1) is 17.8 Å². The minimum atomic E-state index is -0.0281. The van der Waals surface area contributed by atoms with E-state index in [4.69, 9.17) is 23.2 Å². The first kappa shape index (κ1) is 15.6. The van der Waals surface area contributed by atoms with Crippen LogP contribution in [0.2, 0.25) is 0 Å². The van der Waals surface area contributed by atoms with E-state index in [9.17, 15) is 4.79 Å². The first-order chi connectivity index (χ1) is 8.97. The molecule has 6 atom stereocenters. The van der Waals surface area contributed by atoms with Gasteiger partial charge >= 0.3 is 0 Å². The number of hydrogen-bond acceptors (Lipinski definition) is 1. The fourth-order valence-electron chi connectivity index (χ4n) is 3.40. The summed E-state index contributed by atoms with van der Waals surface area (Å²) in [6, 6.07) is 0. The van der Waals surface area contributed by atoms with Gasteiger partial charge < -0.3 is 4.90 Å². The van der Waals surface area contributed by atoms with Gasteiger partial charge in [-0.25, -0.2) is 0 Å². The summed E-state index contributed by atoms with van der Waals surface area (Å²) < 4.78 is 0. The van der Waals surface area contributed by atoms with Crippen molar-refractivity contribution in [3.05, 3.63) is 0 Å². The fraction of sp³-hybridized carbons (Fsp3) is 0.933. The second-order valence-electron chi connectivity index (χ2n) is 6.63. The number of carbonyl (C=O) groups excluding carboxylic acids is 1. The van der Waals surface area contributed by atoms with Crippen molar-refractivity contribution in [2.24, 2.45) is 17.8 Å². The Morgan fingerprint density at radius 3 is 2.47 bits per heavy atom. The first-order valence-corrected chi connectivity index (χ1v) is 8.49. The van der Waals surface area contributed by atoms with Crippen molar-refractivity contribution in [2.45, 2.75) is 50.3 Å². The summed E-state index contributed by atoms with van der Waals surface area (Å²) >= 11 is 12.3. The minimum Gasteiger partial charge on any atom is -0.329 e. The Bertz CT molecular complexity index is 323. The van der Waals surface area contributed by atoms with Crippen LogP contribution >= 0.6 is 23.2 Å². The van der Waals surface area contributed by atoms with E-state index in [2.05, 4.69) is 13.8 Å². The molecule has 0 aromatic rings. The first-order valence-electron chi connectivity index (χ1n) is 7.61. The van der Waals surface area contributed by atoms with Crippen molar-refractivity contribution in [1.82, 2.24) is 0 Å². The smallest absolute Gasteiger partial charge is 0.189 e. The standard InChI is InChI=1S/C15H25Cl2NO/c1-10-5-6-18(8-11(10)2)9-15(19)12-3-4-13(16)14(17)7-12/h10-14H,3-9H2,1-2H3/p+1. The van der Waals surface area contributed by atoms with Crippen LogP contribution in [0.5, 0.6) is 0 Å². The van der Waals surface area contributed by atoms with Gasteiger partial charge in [0.05, 0.1) is 18.5 Å². The molecular formula is C15H26Cl2NO+. The largest absolute Gasteiger partial charge is 0.329 e. The molecule has 1 N–H and O–H groups in total. The molecule has 2 rings (SSSR count). The third-order valence-electron chi connectivity index (χ3n) is 5.11. The molecule has 1 aliphatic carbocycles. The van der Waals surface area contributed by atoms with Gasteiger partial charge in [0.15, 0.2) is 5.78 Å². The van der Waals surface area contributed by atoms with E-state index in [0.717, 1.165) is 44.2 Å². The molecule has 0 aromatic heterocycles. The molecule has 0 aromatic carbocycles. The van der Waals surface area contributed by atoms with E-state index in [1.54, 1.807) is 0 Å². The highest BCUT2D eigenvalue weighted by atomic mass is 35.5. The van der Waals surface area contributed by atoms with Gasteiger partial charge in [-0.3, -0.25) is 4.79 Å². The maximum atomic E-state index is 12.4. The summed E-state index contributed by atoms with van der Waals surface area (Å²) in [7, 11) is 0. The van der Waals surface area contributed by atoms with Crippen LogP contribution in [0.25, 0.3) is 0 Å². The summed E-state index contributed by atoms with van der Waals surface area (Å²) in [5, 5.41) is 0.0218. The van der Waals surface area contributed by atoms with Crippen LogP contribution in [-0.4, -0.2) is 36.2 Å². The number of quaternary nitrogens is 1. The molecule has 1 heterocycles. The maximum absolute atomic E-state index is 12.4. The van der Waals surface area contributed by atoms with E-state index >= 15 is 0 Å². The van der Waals surface area contributed by atoms with Gasteiger partial charge in [-0.2, -0.15) is 0 Å². The molecule has 0 spiro atoms. The molecule has 6 unspecified atom stereocenters. The summed E-state index contributed by atoms with van der Waals surface area (Å²) in [4.78, 5) is 13.9. The number of rotatable bonds is 3. The van der Waals surface area contributed by atoms with Gasteiger partial charge in [0.25, 0.3) is 0 Å². The molecule has 2 aliphatic rings. The number of carbonyl (C=O) groups is 1. The molecular weight excluding hydrogens is 281 g/mol. The van der Waals surface area contributed by atoms with Crippen LogP contribution < -0.4 is 4.90 Å². The number of alkyl halides is 2. The summed E-state index contributed by atoms with van der Waals surface area (Å²) in [5.74, 6) is 2.10. The normalized spacial score (nSPS) is 44.0. The molecule has 0 bridgehead atoms. The highest BCUT2D eigenvalue weighted by Crippen LogP contribution is 2.31. The monoisotopic (exact) mass is 306 g/mol. The van der Waals surface area contributed by atoms with Gasteiger partial charge in [0, 0.05) is 17.2 Å². The van der Waals surface area contributed by atoms with Crippen LogP contribution in [0.15, 0.2) is 0 Å². The van der Waals surface area contributed by atoms with Crippen molar-refractivity contribution >= 4 is 29.0 Å². The zero-order valence-electron chi connectivity index (χ0n) is 12.0. The Kier molecular flexibility index (Phi) is 5.56. The van der Waals surface area contributed by atoms with Crippen molar-refractivity contribution < 1.29 is 9.69 Å². The van der Waals surface area contributed by atoms with E-state index in [0.29, 0.717) is 12.3 Å². The SMILES string of the molecule is CC1CC[NH+](CC(=O)C2CCC(Cl)C(Cl)C2)CC1C. The molecule has 0 radical (unpaired) electrons. The van der Waals surface area contributed by atoms with Gasteiger partial charge in [-0.15, -0.1) is 23.2 Å². The zero-order chi connectivity index (χ0) is 14.0. The van der Waals surface area contributed by atoms with E-state index in [-0.39, 0.29) is 16.7 Å². The van der Waals surface area contributed by atoms with E-state index < -0.39 is 0 Å². The zero-order valence-corrected chi connectivity index (χ0v) is 13.5. The van der Waals surface area contributed by atoms with Crippen LogP contribution in [-0.2, 0) is 4.79 Å². The lowest BCUT2D eigenvalue weighted by Crippen LogP contribution is -3.14. The Balaban J connectivity index is 1.81. The van der Waals surface area contributed by atoms with Gasteiger partial charge in [0.1, 0.15) is 6.54 Å². The third-order valence-corrected chi connectivity index (χ3v) is 6.24. The molecule has 1 aliphatic heterocycles. The average Bonchev–Trinajstić information content (AvgIpc) is 2.37. The molecule has 19 heavy (non-hydrogen) atoms. The predicted octanol–water partition coefficient (Wildman–Crippen LogP) is 2.13. The number of likely N-dealkylation sites (tertiary alicyclic amines) is 1. The Morgan fingerprint density at radius 1 is 1.11 bits per heavy atom. The number of nitrogens with one attached hydrogen (secondary N) is 1. The number of piperidine rings is 1. The van der Waals surface area contributed by atoms with Crippen LogP contribution in [0.3, 0.4) is 0 Å². The number of halogens is 2. The quantitative estimate of drug-likeness (QED) is 0.793. The fourth-order valence-corrected chi connectivity index (χ4v) is 3.97. The Labute approximate surface area is 126 Å². The molecule has 1 saturated heterocycles. The molecule has 110 valence electrons. The maximum Gasteiger partial charge on any atom is 0.189 e. The minimum absolute atomic E-state index is 0.0281. The summed E-state index contributed by atoms with van der Waals surface area (Å²) in [6.07, 6.45) is 3.83. The van der Waals surface area contributed by atoms with Crippen LogP contribution in [0.4, 0.5) is 0 Å². The Hall–Kier alpha value is 0.210. The second-order valence-corrected chi connectivity index (χ2v) is 7.75. The topological polar surface area (TPSA) is 21.5 Å². The molecule has 1 saturated carbocycles. The average molecular weight is 307 g/mol. The van der Waals surface area contributed by atoms with Gasteiger partial charge in [-0.1, -0.05) is 13.8 Å². The van der Waals surface area contributed by atoms with Crippen molar-refractivity contribution in [1.29, 1.82) is 0 Å². The lowest BCUT2D eigenvalue weighted by Gasteiger charge is -2.34. The third kappa shape index (κ3) is 4.09. The molecule has 4 heteroatoms. The predicted molar refractivity (Wildman–Crippen MR) is 80.1 cm³/mol. The number of hydrogen-bond donors (Lipinski definition) is 1. The van der Waals surface area contributed by atoms with Crippen LogP contribution in [0.1, 0.15) is 39.5 Å². The van der Waals surface area contributed by atoms with Gasteiger partial charge in [-0.05, 0) is 31.6 Å². The summed E-state index contributed by atoms with van der Waals surface area (Å²) in [5.41, 5.74) is 0. The highest BCUT2D eigenvalue weighted by molar-refractivity contribution is 6.30. The number of Topliss-reactive ketones (excluding diaryl/α,β-unsaturated/α-hetero) is 1. The van der Waals surface area contributed by atoms with Crippen molar-refractivity contribution in [3.63, 3.8) is 0 Å². The van der Waals surface area contributed by atoms with E-state index in [1.165, 1.54) is 11.3 Å². The van der Waals surface area contributed by atoms with Crippen molar-refractivity contribution in [2.75, 3.05) is 19.6 Å².